The van der Waals surface area contributed by atoms with E-state index in [0.717, 1.165) is 13.1 Å². The van der Waals surface area contributed by atoms with Crippen LogP contribution in [-0.2, 0) is 13.1 Å². The molecule has 0 fully saturated rings. The van der Waals surface area contributed by atoms with Crippen LogP contribution in [0.15, 0.2) is 158 Å². The number of benzene rings is 6. The highest BCUT2D eigenvalue weighted by molar-refractivity contribution is 7.22. The van der Waals surface area contributed by atoms with Crippen LogP contribution >= 0.6 is 0 Å². The predicted molar refractivity (Wildman–Crippen MR) is 175 cm³/mol. The molecule has 0 atom stereocenters. The van der Waals surface area contributed by atoms with Gasteiger partial charge in [-0.25, -0.2) is 0 Å². The minimum Gasteiger partial charge on any atom is -0.337 e. The molecule has 0 saturated carbocycles. The second-order valence-corrected chi connectivity index (χ2v) is 14.6. The zero-order valence-electron chi connectivity index (χ0n) is 22.8. The zero-order chi connectivity index (χ0) is 27.2. The molecular formula is C38H30N2Si. The molecule has 6 aromatic carbocycles. The van der Waals surface area contributed by atoms with E-state index in [-0.39, 0.29) is 0 Å². The van der Waals surface area contributed by atoms with Gasteiger partial charge in [-0.15, -0.1) is 0 Å². The minimum absolute atomic E-state index is 0.836. The maximum absolute atomic E-state index is 2.65. The van der Waals surface area contributed by atoms with Crippen molar-refractivity contribution in [2.45, 2.75) is 13.1 Å². The average Bonchev–Trinajstić information content (AvgIpc) is 3.05. The maximum Gasteiger partial charge on any atom is 0.188 e. The Morgan fingerprint density at radius 1 is 0.317 bits per heavy atom. The normalized spacial score (nSPS) is 14.1. The van der Waals surface area contributed by atoms with Crippen LogP contribution in [0.3, 0.4) is 0 Å². The van der Waals surface area contributed by atoms with Gasteiger partial charge < -0.3 is 9.80 Å². The van der Waals surface area contributed by atoms with Crippen LogP contribution < -0.4 is 30.5 Å². The SMILES string of the molecule is c1ccc(CN2c3ccccc3[Si]3(c4ccccc42)c2ccccc2N(Cc2ccccc2)c2ccccc23)cc1. The third kappa shape index (κ3) is 3.63. The predicted octanol–water partition coefficient (Wildman–Crippen LogP) is 6.37. The Kier molecular flexibility index (Phi) is 5.64. The summed E-state index contributed by atoms with van der Waals surface area (Å²) in [4.78, 5) is 5.08. The summed E-state index contributed by atoms with van der Waals surface area (Å²) >= 11 is 0. The molecule has 8 rings (SSSR count). The van der Waals surface area contributed by atoms with Crippen molar-refractivity contribution in [3.8, 4) is 0 Å². The Balaban J connectivity index is 1.43. The summed E-state index contributed by atoms with van der Waals surface area (Å²) in [6.07, 6.45) is 0. The summed E-state index contributed by atoms with van der Waals surface area (Å²) < 4.78 is 0. The molecule has 6 aromatic rings. The zero-order valence-corrected chi connectivity index (χ0v) is 23.8. The van der Waals surface area contributed by atoms with Crippen molar-refractivity contribution in [2.24, 2.45) is 0 Å². The molecule has 0 unspecified atom stereocenters. The summed E-state index contributed by atoms with van der Waals surface area (Å²) in [5.41, 5.74) is 7.91. The third-order valence-corrected chi connectivity index (χ3v) is 13.7. The fourth-order valence-corrected chi connectivity index (χ4v) is 12.6. The highest BCUT2D eigenvalue weighted by Crippen LogP contribution is 2.39. The van der Waals surface area contributed by atoms with Crippen molar-refractivity contribution in [3.05, 3.63) is 169 Å². The molecule has 0 saturated heterocycles. The number of fused-ring (bicyclic) bond motifs is 8. The van der Waals surface area contributed by atoms with Gasteiger partial charge in [0.2, 0.25) is 0 Å². The Bertz CT molecular complexity index is 1630. The molecule has 2 aliphatic heterocycles. The summed E-state index contributed by atoms with van der Waals surface area (Å²) in [6, 6.07) is 58.5. The fraction of sp³-hybridized carbons (Fsp3) is 0.0526. The summed E-state index contributed by atoms with van der Waals surface area (Å²) in [7, 11) is -2.65. The van der Waals surface area contributed by atoms with Crippen LogP contribution in [0.4, 0.5) is 22.7 Å². The van der Waals surface area contributed by atoms with Crippen LogP contribution in [0.1, 0.15) is 11.1 Å². The quantitative estimate of drug-likeness (QED) is 0.239. The molecule has 0 bridgehead atoms. The number of hydrogen-bond acceptors (Lipinski definition) is 2. The Morgan fingerprint density at radius 3 is 0.902 bits per heavy atom. The van der Waals surface area contributed by atoms with E-state index in [0.29, 0.717) is 0 Å². The first-order chi connectivity index (χ1) is 20.4. The maximum atomic E-state index is 2.54. The lowest BCUT2D eigenvalue weighted by atomic mass is 10.1. The monoisotopic (exact) mass is 542 g/mol. The topological polar surface area (TPSA) is 6.48 Å². The number of para-hydroxylation sites is 4. The molecule has 0 aromatic heterocycles. The van der Waals surface area contributed by atoms with Gasteiger partial charge in [-0.05, 0) is 56.1 Å². The highest BCUT2D eigenvalue weighted by Gasteiger charge is 2.53. The van der Waals surface area contributed by atoms with Gasteiger partial charge in [-0.1, -0.05) is 133 Å². The van der Waals surface area contributed by atoms with Crippen LogP contribution in [0.5, 0.6) is 0 Å². The van der Waals surface area contributed by atoms with E-state index in [1.165, 1.54) is 54.6 Å². The van der Waals surface area contributed by atoms with Gasteiger partial charge in [-0.3, -0.25) is 0 Å². The van der Waals surface area contributed by atoms with Crippen LogP contribution in [0.25, 0.3) is 0 Å². The van der Waals surface area contributed by atoms with E-state index in [2.05, 4.69) is 168 Å². The molecule has 0 radical (unpaired) electrons. The lowest BCUT2D eigenvalue weighted by molar-refractivity contribution is 0.972. The van der Waals surface area contributed by atoms with Gasteiger partial charge in [0.1, 0.15) is 0 Å². The molecular weight excluding hydrogens is 513 g/mol. The average molecular weight is 543 g/mol. The second kappa shape index (κ2) is 9.65. The molecule has 0 amide bonds. The van der Waals surface area contributed by atoms with E-state index in [1.54, 1.807) is 0 Å². The lowest BCUT2D eigenvalue weighted by Crippen LogP contribution is -2.79. The smallest absolute Gasteiger partial charge is 0.188 e. The highest BCUT2D eigenvalue weighted by atomic mass is 28.3. The molecule has 0 aliphatic carbocycles. The van der Waals surface area contributed by atoms with E-state index in [4.69, 9.17) is 0 Å². The van der Waals surface area contributed by atoms with Crippen LogP contribution in [0, 0.1) is 0 Å². The van der Waals surface area contributed by atoms with E-state index < -0.39 is 8.07 Å². The molecule has 2 heterocycles. The standard InChI is InChI=1S/C38H30N2Si/c1-3-15-29(16-4-1)27-39-31-19-7-11-23-35(31)41(36-24-12-8-20-32(36)39)37-25-13-9-21-33(37)40(28-30-17-5-2-6-18-30)34-22-10-14-26-38(34)41/h1-26H,27-28H2. The van der Waals surface area contributed by atoms with Gasteiger partial charge in [0.05, 0.1) is 0 Å². The Labute approximate surface area is 242 Å². The van der Waals surface area contributed by atoms with Crippen molar-refractivity contribution in [2.75, 3.05) is 9.80 Å². The van der Waals surface area contributed by atoms with Gasteiger partial charge in [0.15, 0.2) is 8.07 Å². The Hall–Kier alpha value is -4.86. The molecule has 2 nitrogen and oxygen atoms in total. The van der Waals surface area contributed by atoms with E-state index in [1.807, 2.05) is 0 Å². The van der Waals surface area contributed by atoms with Crippen LogP contribution in [0.2, 0.25) is 0 Å². The van der Waals surface area contributed by atoms with Gasteiger partial charge in [0, 0.05) is 35.8 Å². The minimum atomic E-state index is -2.65. The second-order valence-electron chi connectivity index (χ2n) is 11.0. The van der Waals surface area contributed by atoms with Gasteiger partial charge >= 0.3 is 0 Å². The number of hydrogen-bond donors (Lipinski definition) is 0. The van der Waals surface area contributed by atoms with E-state index >= 15 is 0 Å². The first kappa shape index (κ1) is 24.0. The Morgan fingerprint density at radius 2 is 0.585 bits per heavy atom. The fourth-order valence-electron chi connectivity index (χ4n) is 7.11. The van der Waals surface area contributed by atoms with Crippen molar-refractivity contribution >= 4 is 51.6 Å². The number of nitrogens with zero attached hydrogens (tertiary/aromatic N) is 2. The van der Waals surface area contributed by atoms with Crippen molar-refractivity contribution in [1.29, 1.82) is 0 Å². The van der Waals surface area contributed by atoms with Crippen LogP contribution in [-0.4, -0.2) is 8.07 Å². The largest absolute Gasteiger partial charge is 0.337 e. The molecule has 41 heavy (non-hydrogen) atoms. The van der Waals surface area contributed by atoms with Crippen molar-refractivity contribution in [3.63, 3.8) is 0 Å². The number of rotatable bonds is 4. The van der Waals surface area contributed by atoms with Gasteiger partial charge in [0.25, 0.3) is 0 Å². The number of anilines is 4. The summed E-state index contributed by atoms with van der Waals surface area (Å²) in [5.74, 6) is 0. The molecule has 1 spiro atoms. The van der Waals surface area contributed by atoms with Gasteiger partial charge in [-0.2, -0.15) is 0 Å². The summed E-state index contributed by atoms with van der Waals surface area (Å²) in [6.45, 7) is 1.67. The molecule has 0 N–H and O–H groups in total. The summed E-state index contributed by atoms with van der Waals surface area (Å²) in [5, 5.41) is 5.87. The van der Waals surface area contributed by atoms with Crippen molar-refractivity contribution in [1.82, 2.24) is 0 Å². The third-order valence-electron chi connectivity index (χ3n) is 8.76. The molecule has 196 valence electrons. The van der Waals surface area contributed by atoms with Crippen molar-refractivity contribution < 1.29 is 0 Å². The molecule has 3 heteroatoms. The van der Waals surface area contributed by atoms with E-state index in [9.17, 15) is 0 Å². The molecule has 2 aliphatic rings. The first-order valence-electron chi connectivity index (χ1n) is 14.4. The lowest BCUT2D eigenvalue weighted by Gasteiger charge is -2.50. The first-order valence-corrected chi connectivity index (χ1v) is 16.4.